The molecule has 5 nitrogen and oxygen atoms in total. The summed E-state index contributed by atoms with van der Waals surface area (Å²) in [5.74, 6) is -0.628. The smallest absolute Gasteiger partial charge is 0.328 e. The summed E-state index contributed by atoms with van der Waals surface area (Å²) in [7, 11) is 1.35. The molecule has 0 radical (unpaired) electrons. The zero-order valence-corrected chi connectivity index (χ0v) is 15.5. The molecule has 1 aliphatic rings. The third-order valence-corrected chi connectivity index (χ3v) is 5.08. The molecule has 2 rings (SSSR count). The van der Waals surface area contributed by atoms with Crippen molar-refractivity contribution in [3.8, 4) is 0 Å². The number of ether oxygens (including phenoxy) is 1. The van der Waals surface area contributed by atoms with E-state index < -0.39 is 12.0 Å². The van der Waals surface area contributed by atoms with E-state index in [9.17, 15) is 9.59 Å². The molecule has 5 heteroatoms. The predicted molar refractivity (Wildman–Crippen MR) is 94.1 cm³/mol. The fourth-order valence-electron chi connectivity index (χ4n) is 3.75. The summed E-state index contributed by atoms with van der Waals surface area (Å²) < 4.78 is 7.11. The van der Waals surface area contributed by atoms with Gasteiger partial charge in [0.05, 0.1) is 12.7 Å². The fourth-order valence-corrected chi connectivity index (χ4v) is 3.75. The summed E-state index contributed by atoms with van der Waals surface area (Å²) in [4.78, 5) is 24.6. The Balaban J connectivity index is 2.22. The lowest BCUT2D eigenvalue weighted by Gasteiger charge is -2.26. The Morgan fingerprint density at radius 3 is 2.38 bits per heavy atom. The van der Waals surface area contributed by atoms with E-state index in [0.717, 1.165) is 11.4 Å². The minimum atomic E-state index is -0.625. The third-order valence-electron chi connectivity index (χ3n) is 5.08. The molecule has 1 aromatic heterocycles. The van der Waals surface area contributed by atoms with Crippen LogP contribution in [0.5, 0.6) is 0 Å². The van der Waals surface area contributed by atoms with Gasteiger partial charge in [0.25, 0.3) is 5.91 Å². The van der Waals surface area contributed by atoms with Crippen LogP contribution in [0.2, 0.25) is 0 Å². The molecular formula is C19H30N2O3. The molecule has 0 aromatic carbocycles. The monoisotopic (exact) mass is 334 g/mol. The SMILES string of the molecule is COC(=O)C(NC(=O)c1cc(C)n(C2CCCCC2)c1C)C(C)C. The molecular weight excluding hydrogens is 304 g/mol. The molecule has 1 heterocycles. The summed E-state index contributed by atoms with van der Waals surface area (Å²) in [5.41, 5.74) is 2.76. The van der Waals surface area contributed by atoms with Gasteiger partial charge in [-0.3, -0.25) is 4.79 Å². The predicted octanol–water partition coefficient (Wildman–Crippen LogP) is 3.54. The zero-order chi connectivity index (χ0) is 17.9. The van der Waals surface area contributed by atoms with Crippen LogP contribution in [0.4, 0.5) is 0 Å². The Labute approximate surface area is 144 Å². The normalized spacial score (nSPS) is 16.9. The van der Waals surface area contributed by atoms with Gasteiger partial charge in [-0.05, 0) is 38.7 Å². The van der Waals surface area contributed by atoms with Crippen molar-refractivity contribution in [3.63, 3.8) is 0 Å². The van der Waals surface area contributed by atoms with E-state index in [2.05, 4.69) is 16.8 Å². The first-order valence-electron chi connectivity index (χ1n) is 8.94. The lowest BCUT2D eigenvalue weighted by Crippen LogP contribution is -2.45. The number of rotatable bonds is 5. The second kappa shape index (κ2) is 7.86. The standard InChI is InChI=1S/C19H30N2O3/c1-12(2)17(19(23)24-5)20-18(22)16-11-13(3)21(14(16)4)15-9-7-6-8-10-15/h11-12,15,17H,6-10H2,1-5H3,(H,20,22). The van der Waals surface area contributed by atoms with E-state index in [-0.39, 0.29) is 11.8 Å². The van der Waals surface area contributed by atoms with Crippen LogP contribution in [-0.2, 0) is 9.53 Å². The highest BCUT2D eigenvalue weighted by Gasteiger charge is 2.28. The Hall–Kier alpha value is -1.78. The van der Waals surface area contributed by atoms with Crippen molar-refractivity contribution in [2.24, 2.45) is 5.92 Å². The molecule has 1 amide bonds. The van der Waals surface area contributed by atoms with Crippen LogP contribution in [0.25, 0.3) is 0 Å². The number of aromatic nitrogens is 1. The fraction of sp³-hybridized carbons (Fsp3) is 0.684. The lowest BCUT2D eigenvalue weighted by atomic mass is 9.95. The van der Waals surface area contributed by atoms with Crippen molar-refractivity contribution in [1.82, 2.24) is 9.88 Å². The average Bonchev–Trinajstić information content (AvgIpc) is 2.87. The molecule has 1 aromatic rings. The summed E-state index contributed by atoms with van der Waals surface area (Å²) in [5, 5.41) is 2.84. The van der Waals surface area contributed by atoms with E-state index >= 15 is 0 Å². The number of carbonyl (C=O) groups is 2. The minimum absolute atomic E-state index is 0.0248. The maximum absolute atomic E-state index is 12.7. The average molecular weight is 334 g/mol. The molecule has 0 aliphatic heterocycles. The zero-order valence-electron chi connectivity index (χ0n) is 15.5. The van der Waals surface area contributed by atoms with Gasteiger partial charge in [-0.25, -0.2) is 4.79 Å². The maximum atomic E-state index is 12.7. The van der Waals surface area contributed by atoms with Crippen LogP contribution in [0.15, 0.2) is 6.07 Å². The van der Waals surface area contributed by atoms with Crippen molar-refractivity contribution in [3.05, 3.63) is 23.0 Å². The van der Waals surface area contributed by atoms with Crippen molar-refractivity contribution >= 4 is 11.9 Å². The van der Waals surface area contributed by atoms with E-state index in [1.807, 2.05) is 26.8 Å². The number of nitrogens with one attached hydrogen (secondary N) is 1. The molecule has 1 fully saturated rings. The van der Waals surface area contributed by atoms with Crippen LogP contribution in [0, 0.1) is 19.8 Å². The molecule has 1 unspecified atom stereocenters. The Morgan fingerprint density at radius 2 is 1.83 bits per heavy atom. The van der Waals surface area contributed by atoms with Crippen molar-refractivity contribution < 1.29 is 14.3 Å². The maximum Gasteiger partial charge on any atom is 0.328 e. The number of aryl methyl sites for hydroxylation is 1. The van der Waals surface area contributed by atoms with Crippen molar-refractivity contribution in [2.75, 3.05) is 7.11 Å². The largest absolute Gasteiger partial charge is 0.467 e. The lowest BCUT2D eigenvalue weighted by molar-refractivity contribution is -0.144. The Bertz CT molecular complexity index is 598. The topological polar surface area (TPSA) is 60.3 Å². The molecule has 1 saturated carbocycles. The minimum Gasteiger partial charge on any atom is -0.467 e. The Kier molecular flexibility index (Phi) is 6.08. The van der Waals surface area contributed by atoms with Crippen LogP contribution in [0.3, 0.4) is 0 Å². The summed E-state index contributed by atoms with van der Waals surface area (Å²) in [6.07, 6.45) is 6.16. The molecule has 24 heavy (non-hydrogen) atoms. The highest BCUT2D eigenvalue weighted by Crippen LogP contribution is 2.32. The van der Waals surface area contributed by atoms with E-state index in [0.29, 0.717) is 11.6 Å². The van der Waals surface area contributed by atoms with Crippen molar-refractivity contribution in [1.29, 1.82) is 0 Å². The van der Waals surface area contributed by atoms with E-state index in [4.69, 9.17) is 4.74 Å². The number of esters is 1. The van der Waals surface area contributed by atoms with Crippen LogP contribution >= 0.6 is 0 Å². The van der Waals surface area contributed by atoms with Crippen LogP contribution in [0.1, 0.15) is 73.7 Å². The number of amides is 1. The van der Waals surface area contributed by atoms with E-state index in [1.165, 1.54) is 39.2 Å². The summed E-state index contributed by atoms with van der Waals surface area (Å²) in [6, 6.07) is 1.80. The van der Waals surface area contributed by atoms with Gasteiger partial charge < -0.3 is 14.6 Å². The van der Waals surface area contributed by atoms with Gasteiger partial charge in [-0.2, -0.15) is 0 Å². The van der Waals surface area contributed by atoms with Gasteiger partial charge in [0.2, 0.25) is 0 Å². The van der Waals surface area contributed by atoms with Gasteiger partial charge in [0.15, 0.2) is 0 Å². The van der Waals surface area contributed by atoms with Gasteiger partial charge >= 0.3 is 5.97 Å². The van der Waals surface area contributed by atoms with Crippen molar-refractivity contribution in [2.45, 2.75) is 71.9 Å². The van der Waals surface area contributed by atoms with Gasteiger partial charge in [-0.15, -0.1) is 0 Å². The Morgan fingerprint density at radius 1 is 1.21 bits per heavy atom. The second-order valence-corrected chi connectivity index (χ2v) is 7.16. The quantitative estimate of drug-likeness (QED) is 0.838. The first kappa shape index (κ1) is 18.6. The van der Waals surface area contributed by atoms with Gasteiger partial charge in [-0.1, -0.05) is 33.1 Å². The van der Waals surface area contributed by atoms with Crippen LogP contribution < -0.4 is 5.32 Å². The summed E-state index contributed by atoms with van der Waals surface area (Å²) in [6.45, 7) is 7.85. The first-order valence-corrected chi connectivity index (χ1v) is 8.94. The number of hydrogen-bond acceptors (Lipinski definition) is 3. The molecule has 1 atom stereocenters. The highest BCUT2D eigenvalue weighted by molar-refractivity contribution is 5.98. The number of methoxy groups -OCH3 is 1. The third kappa shape index (κ3) is 3.82. The first-order chi connectivity index (χ1) is 11.4. The van der Waals surface area contributed by atoms with E-state index in [1.54, 1.807) is 0 Å². The number of hydrogen-bond donors (Lipinski definition) is 1. The molecule has 1 N–H and O–H groups in total. The second-order valence-electron chi connectivity index (χ2n) is 7.16. The highest BCUT2D eigenvalue weighted by atomic mass is 16.5. The van der Waals surface area contributed by atoms with Gasteiger partial charge in [0, 0.05) is 17.4 Å². The summed E-state index contributed by atoms with van der Waals surface area (Å²) >= 11 is 0. The van der Waals surface area contributed by atoms with Crippen LogP contribution in [-0.4, -0.2) is 29.6 Å². The van der Waals surface area contributed by atoms with Gasteiger partial charge in [0.1, 0.15) is 6.04 Å². The molecule has 1 aliphatic carbocycles. The molecule has 0 spiro atoms. The molecule has 0 saturated heterocycles. The molecule has 134 valence electrons. The molecule has 0 bridgehead atoms. The number of carbonyl (C=O) groups excluding carboxylic acids is 2. The number of nitrogens with zero attached hydrogens (tertiary/aromatic N) is 1.